The van der Waals surface area contributed by atoms with Gasteiger partial charge in [-0.15, -0.1) is 0 Å². The summed E-state index contributed by atoms with van der Waals surface area (Å²) in [5.74, 6) is -10.6. The van der Waals surface area contributed by atoms with Crippen molar-refractivity contribution >= 4 is 11.6 Å². The quantitative estimate of drug-likeness (QED) is 0.497. The van der Waals surface area contributed by atoms with Crippen LogP contribution in [-0.4, -0.2) is 19.5 Å². The van der Waals surface area contributed by atoms with E-state index in [0.29, 0.717) is 0 Å². The molecule has 0 aliphatic rings. The first kappa shape index (κ1) is 14.2. The van der Waals surface area contributed by atoms with E-state index < -0.39 is 40.7 Å². The summed E-state index contributed by atoms with van der Waals surface area (Å²) >= 11 is 0. The van der Waals surface area contributed by atoms with E-state index in [1.165, 1.54) is 7.05 Å². The molecule has 0 aliphatic carbocycles. The molecule has 0 saturated heterocycles. The highest BCUT2D eigenvalue weighted by Crippen LogP contribution is 2.26. The van der Waals surface area contributed by atoms with Gasteiger partial charge in [0.05, 0.1) is 0 Å². The minimum Gasteiger partial charge on any atom is -0.380 e. The molecule has 3 nitrogen and oxygen atoms in total. The van der Waals surface area contributed by atoms with E-state index >= 15 is 0 Å². The Morgan fingerprint density at radius 2 is 1.39 bits per heavy atom. The Hall–Kier alpha value is -1.86. The standard InChI is InChI=1S/C10H9F5N2O/c1-16-4(18)2-3-17-10-8(14)6(12)5(11)7(13)9(10)15/h17H,2-3H2,1H3,(H,16,18). The number of rotatable bonds is 4. The Labute approximate surface area is 99.0 Å². The maximum Gasteiger partial charge on any atom is 0.221 e. The molecule has 0 aliphatic heterocycles. The van der Waals surface area contributed by atoms with Gasteiger partial charge < -0.3 is 10.6 Å². The van der Waals surface area contributed by atoms with Gasteiger partial charge in [0.15, 0.2) is 23.3 Å². The molecule has 2 N–H and O–H groups in total. The summed E-state index contributed by atoms with van der Waals surface area (Å²) in [5, 5.41) is 4.24. The van der Waals surface area contributed by atoms with Gasteiger partial charge in [0.25, 0.3) is 0 Å². The number of halogens is 5. The van der Waals surface area contributed by atoms with Gasteiger partial charge in [0.2, 0.25) is 11.7 Å². The topological polar surface area (TPSA) is 41.1 Å². The van der Waals surface area contributed by atoms with E-state index in [2.05, 4.69) is 5.32 Å². The molecule has 0 bridgehead atoms. The lowest BCUT2D eigenvalue weighted by atomic mass is 10.2. The van der Waals surface area contributed by atoms with Crippen molar-refractivity contribution in [3.8, 4) is 0 Å². The maximum absolute atomic E-state index is 13.1. The van der Waals surface area contributed by atoms with Gasteiger partial charge in [-0.2, -0.15) is 0 Å². The zero-order chi connectivity index (χ0) is 13.9. The predicted molar refractivity (Wildman–Crippen MR) is 53.4 cm³/mol. The summed E-state index contributed by atoms with van der Waals surface area (Å²) in [7, 11) is 1.35. The van der Waals surface area contributed by atoms with Crippen LogP contribution in [0.1, 0.15) is 6.42 Å². The van der Waals surface area contributed by atoms with Crippen molar-refractivity contribution in [1.29, 1.82) is 0 Å². The van der Waals surface area contributed by atoms with E-state index in [9.17, 15) is 26.7 Å². The van der Waals surface area contributed by atoms with Gasteiger partial charge in [-0.25, -0.2) is 22.0 Å². The number of amides is 1. The van der Waals surface area contributed by atoms with Crippen LogP contribution in [0, 0.1) is 29.1 Å². The van der Waals surface area contributed by atoms with E-state index in [0.717, 1.165) is 0 Å². The Balaban J connectivity index is 2.93. The summed E-state index contributed by atoms with van der Waals surface area (Å²) in [6.07, 6.45) is -0.171. The average molecular weight is 268 g/mol. The van der Waals surface area contributed by atoms with E-state index in [1.807, 2.05) is 5.32 Å². The van der Waals surface area contributed by atoms with Crippen LogP contribution >= 0.6 is 0 Å². The first-order valence-corrected chi connectivity index (χ1v) is 4.86. The first-order chi connectivity index (χ1) is 8.40. The second kappa shape index (κ2) is 5.65. The molecular weight excluding hydrogens is 259 g/mol. The third-order valence-electron chi connectivity index (χ3n) is 2.14. The number of nitrogens with one attached hydrogen (secondary N) is 2. The zero-order valence-electron chi connectivity index (χ0n) is 9.21. The molecule has 0 spiro atoms. The summed E-state index contributed by atoms with van der Waals surface area (Å²) < 4.78 is 64.5. The normalized spacial score (nSPS) is 10.3. The molecule has 0 radical (unpaired) electrons. The van der Waals surface area contributed by atoms with Crippen molar-refractivity contribution < 1.29 is 26.7 Å². The molecule has 1 rings (SSSR count). The molecule has 1 aromatic rings. The molecule has 0 saturated carbocycles. The molecule has 100 valence electrons. The average Bonchev–Trinajstić information content (AvgIpc) is 2.37. The second-order valence-corrected chi connectivity index (χ2v) is 3.29. The molecule has 1 amide bonds. The number of benzene rings is 1. The Morgan fingerprint density at radius 1 is 0.944 bits per heavy atom. The summed E-state index contributed by atoms with van der Waals surface area (Å²) in [4.78, 5) is 10.8. The molecular formula is C10H9F5N2O. The van der Waals surface area contributed by atoms with Gasteiger partial charge in [-0.05, 0) is 0 Å². The highest BCUT2D eigenvalue weighted by atomic mass is 19.2. The van der Waals surface area contributed by atoms with Crippen molar-refractivity contribution in [1.82, 2.24) is 5.32 Å². The number of hydrogen-bond donors (Lipinski definition) is 2. The molecule has 0 fully saturated rings. The van der Waals surface area contributed by atoms with Crippen LogP contribution in [0.5, 0.6) is 0 Å². The van der Waals surface area contributed by atoms with Crippen LogP contribution in [0.3, 0.4) is 0 Å². The Morgan fingerprint density at radius 3 is 1.83 bits per heavy atom. The van der Waals surface area contributed by atoms with Crippen LogP contribution < -0.4 is 10.6 Å². The lowest BCUT2D eigenvalue weighted by Crippen LogP contribution is -2.21. The molecule has 0 atom stereocenters. The van der Waals surface area contributed by atoms with Crippen molar-refractivity contribution in [2.45, 2.75) is 6.42 Å². The number of anilines is 1. The van der Waals surface area contributed by atoms with Crippen LogP contribution in [-0.2, 0) is 4.79 Å². The van der Waals surface area contributed by atoms with Crippen molar-refractivity contribution in [2.24, 2.45) is 0 Å². The molecule has 1 aromatic carbocycles. The van der Waals surface area contributed by atoms with Gasteiger partial charge in [0, 0.05) is 20.0 Å². The third-order valence-corrected chi connectivity index (χ3v) is 2.14. The van der Waals surface area contributed by atoms with Crippen LogP contribution in [0.25, 0.3) is 0 Å². The highest BCUT2D eigenvalue weighted by molar-refractivity contribution is 5.76. The predicted octanol–water partition coefficient (Wildman–Crippen LogP) is 1.93. The van der Waals surface area contributed by atoms with E-state index in [1.54, 1.807) is 0 Å². The number of carbonyl (C=O) groups is 1. The fourth-order valence-corrected chi connectivity index (χ4v) is 1.19. The molecule has 0 aromatic heterocycles. The highest BCUT2D eigenvalue weighted by Gasteiger charge is 2.25. The van der Waals surface area contributed by atoms with E-state index in [4.69, 9.17) is 0 Å². The van der Waals surface area contributed by atoms with Crippen molar-refractivity contribution in [3.05, 3.63) is 29.1 Å². The Bertz CT molecular complexity index is 449. The molecule has 18 heavy (non-hydrogen) atoms. The third kappa shape index (κ3) is 2.69. The molecule has 0 unspecified atom stereocenters. The van der Waals surface area contributed by atoms with Crippen LogP contribution in [0.15, 0.2) is 0 Å². The monoisotopic (exact) mass is 268 g/mol. The lowest BCUT2D eigenvalue weighted by Gasteiger charge is -2.10. The summed E-state index contributed by atoms with van der Waals surface area (Å²) in [6.45, 7) is -0.266. The maximum atomic E-state index is 13.1. The lowest BCUT2D eigenvalue weighted by molar-refractivity contribution is -0.120. The van der Waals surface area contributed by atoms with Gasteiger partial charge in [0.1, 0.15) is 5.69 Å². The minimum atomic E-state index is -2.22. The largest absolute Gasteiger partial charge is 0.380 e. The van der Waals surface area contributed by atoms with Gasteiger partial charge >= 0.3 is 0 Å². The number of carbonyl (C=O) groups excluding carboxylic acids is 1. The minimum absolute atomic E-state index is 0.171. The van der Waals surface area contributed by atoms with Crippen molar-refractivity contribution in [3.63, 3.8) is 0 Å². The zero-order valence-corrected chi connectivity index (χ0v) is 9.21. The first-order valence-electron chi connectivity index (χ1n) is 4.86. The van der Waals surface area contributed by atoms with Crippen LogP contribution in [0.2, 0.25) is 0 Å². The summed E-state index contributed by atoms with van der Waals surface area (Å²) in [6, 6.07) is 0. The molecule has 8 heteroatoms. The molecule has 0 heterocycles. The van der Waals surface area contributed by atoms with E-state index in [-0.39, 0.29) is 13.0 Å². The van der Waals surface area contributed by atoms with Crippen LogP contribution in [0.4, 0.5) is 27.6 Å². The Kier molecular flexibility index (Phi) is 4.46. The fraction of sp³-hybridized carbons (Fsp3) is 0.300. The van der Waals surface area contributed by atoms with Gasteiger partial charge in [-0.1, -0.05) is 0 Å². The smallest absolute Gasteiger partial charge is 0.221 e. The second-order valence-electron chi connectivity index (χ2n) is 3.29. The van der Waals surface area contributed by atoms with Gasteiger partial charge in [-0.3, -0.25) is 4.79 Å². The fourth-order valence-electron chi connectivity index (χ4n) is 1.19. The number of hydrogen-bond acceptors (Lipinski definition) is 2. The SMILES string of the molecule is CNC(=O)CCNc1c(F)c(F)c(F)c(F)c1F. The van der Waals surface area contributed by atoms with Crippen molar-refractivity contribution in [2.75, 3.05) is 18.9 Å². The summed E-state index contributed by atoms with van der Waals surface area (Å²) in [5.41, 5.74) is -1.14.